The van der Waals surface area contributed by atoms with Crippen LogP contribution in [-0.2, 0) is 6.61 Å². The molecule has 5 heteroatoms. The van der Waals surface area contributed by atoms with Gasteiger partial charge < -0.3 is 10.2 Å². The van der Waals surface area contributed by atoms with E-state index in [0.29, 0.717) is 0 Å². The molecule has 1 rings (SSSR count). The lowest BCUT2D eigenvalue weighted by Crippen LogP contribution is -1.96. The van der Waals surface area contributed by atoms with Crippen LogP contribution >= 0.6 is 0 Å². The van der Waals surface area contributed by atoms with Crippen LogP contribution in [-0.4, -0.2) is 15.2 Å². The van der Waals surface area contributed by atoms with Crippen LogP contribution in [0.4, 0.5) is 8.78 Å². The minimum absolute atomic E-state index is 0.114. The van der Waals surface area contributed by atoms with Crippen LogP contribution in [0.5, 0.6) is 5.75 Å². The molecule has 0 radical (unpaired) electrons. The Balaban J connectivity index is 3.08. The molecule has 0 atom stereocenters. The summed E-state index contributed by atoms with van der Waals surface area (Å²) in [5, 5.41) is 17.4. The third-order valence-electron chi connectivity index (χ3n) is 1.33. The zero-order valence-corrected chi connectivity index (χ0v) is 6.04. The van der Waals surface area contributed by atoms with Gasteiger partial charge in [0.25, 0.3) is 6.43 Å². The predicted octanol–water partition coefficient (Wildman–Crippen LogP) is 1.22. The summed E-state index contributed by atoms with van der Waals surface area (Å²) in [6.45, 7) is -0.417. The van der Waals surface area contributed by atoms with Crippen LogP contribution in [0, 0.1) is 0 Å². The van der Waals surface area contributed by atoms with E-state index in [2.05, 4.69) is 4.98 Å². The Morgan fingerprint density at radius 1 is 1.42 bits per heavy atom. The van der Waals surface area contributed by atoms with Crippen molar-refractivity contribution in [2.45, 2.75) is 13.0 Å². The fourth-order valence-corrected chi connectivity index (χ4v) is 0.758. The highest BCUT2D eigenvalue weighted by atomic mass is 19.3. The second kappa shape index (κ2) is 3.44. The molecular formula is C7H7F2NO2. The molecule has 0 fully saturated rings. The van der Waals surface area contributed by atoms with Gasteiger partial charge in [0.05, 0.1) is 12.3 Å². The molecule has 0 aliphatic carbocycles. The molecule has 0 aromatic carbocycles. The van der Waals surface area contributed by atoms with Gasteiger partial charge in [-0.05, 0) is 12.1 Å². The number of alkyl halides is 2. The molecule has 0 spiro atoms. The maximum absolute atomic E-state index is 12.0. The molecule has 0 aliphatic heterocycles. The van der Waals surface area contributed by atoms with Crippen molar-refractivity contribution in [3.05, 3.63) is 23.5 Å². The highest BCUT2D eigenvalue weighted by Gasteiger charge is 2.14. The molecule has 0 unspecified atom stereocenters. The van der Waals surface area contributed by atoms with Crippen LogP contribution in [0.15, 0.2) is 12.1 Å². The SMILES string of the molecule is OCc1ccc(O)c(C(F)F)n1. The number of aromatic nitrogens is 1. The van der Waals surface area contributed by atoms with Crippen LogP contribution in [0.25, 0.3) is 0 Å². The van der Waals surface area contributed by atoms with E-state index in [9.17, 15) is 8.78 Å². The second-order valence-electron chi connectivity index (χ2n) is 2.17. The first-order valence-electron chi connectivity index (χ1n) is 3.23. The molecule has 12 heavy (non-hydrogen) atoms. The number of aliphatic hydroxyl groups is 1. The lowest BCUT2D eigenvalue weighted by atomic mass is 10.3. The third kappa shape index (κ3) is 1.68. The van der Waals surface area contributed by atoms with E-state index < -0.39 is 24.5 Å². The lowest BCUT2D eigenvalue weighted by molar-refractivity contribution is 0.141. The normalized spacial score (nSPS) is 10.7. The van der Waals surface area contributed by atoms with Gasteiger partial charge in [-0.3, -0.25) is 0 Å². The van der Waals surface area contributed by atoms with Gasteiger partial charge in [0.15, 0.2) is 0 Å². The van der Waals surface area contributed by atoms with E-state index in [1.165, 1.54) is 6.07 Å². The number of halogens is 2. The lowest BCUT2D eigenvalue weighted by Gasteiger charge is -2.03. The van der Waals surface area contributed by atoms with Gasteiger partial charge in [-0.15, -0.1) is 0 Å². The number of nitrogens with zero attached hydrogens (tertiary/aromatic N) is 1. The summed E-state index contributed by atoms with van der Waals surface area (Å²) in [6, 6.07) is 2.36. The third-order valence-corrected chi connectivity index (χ3v) is 1.33. The standard InChI is InChI=1S/C7H7F2NO2/c8-7(9)6-5(12)2-1-4(3-11)10-6/h1-2,7,11-12H,3H2. The molecule has 2 N–H and O–H groups in total. The molecule has 0 aliphatic rings. The summed E-state index contributed by atoms with van der Waals surface area (Å²) >= 11 is 0. The van der Waals surface area contributed by atoms with Crippen molar-refractivity contribution in [3.8, 4) is 5.75 Å². The van der Waals surface area contributed by atoms with Crippen LogP contribution in [0.1, 0.15) is 17.8 Å². The first-order chi connectivity index (χ1) is 5.65. The Hall–Kier alpha value is -1.23. The number of rotatable bonds is 2. The Morgan fingerprint density at radius 3 is 2.58 bits per heavy atom. The summed E-state index contributed by atoms with van der Waals surface area (Å²) in [6.07, 6.45) is -2.82. The molecule has 3 nitrogen and oxygen atoms in total. The second-order valence-corrected chi connectivity index (χ2v) is 2.17. The number of pyridine rings is 1. The highest BCUT2D eigenvalue weighted by Crippen LogP contribution is 2.25. The Labute approximate surface area is 67.3 Å². The molecule has 1 heterocycles. The maximum atomic E-state index is 12.0. The average molecular weight is 175 g/mol. The predicted molar refractivity (Wildman–Crippen MR) is 36.8 cm³/mol. The topological polar surface area (TPSA) is 53.4 Å². The number of aromatic hydroxyl groups is 1. The highest BCUT2D eigenvalue weighted by molar-refractivity contribution is 5.28. The molecule has 1 aromatic rings. The van der Waals surface area contributed by atoms with Gasteiger partial charge in [-0.2, -0.15) is 0 Å². The van der Waals surface area contributed by atoms with Gasteiger partial charge in [0.1, 0.15) is 11.4 Å². The monoisotopic (exact) mass is 175 g/mol. The van der Waals surface area contributed by atoms with Crippen LogP contribution in [0.2, 0.25) is 0 Å². The van der Waals surface area contributed by atoms with Crippen molar-refractivity contribution < 1.29 is 19.0 Å². The van der Waals surface area contributed by atoms with E-state index >= 15 is 0 Å². The Kier molecular flexibility index (Phi) is 2.54. The van der Waals surface area contributed by atoms with Gasteiger partial charge in [0, 0.05) is 0 Å². The van der Waals surface area contributed by atoms with Crippen LogP contribution < -0.4 is 0 Å². The van der Waals surface area contributed by atoms with Crippen molar-refractivity contribution in [2.24, 2.45) is 0 Å². The Morgan fingerprint density at radius 2 is 2.08 bits per heavy atom. The van der Waals surface area contributed by atoms with Gasteiger partial charge >= 0.3 is 0 Å². The molecular weight excluding hydrogens is 168 g/mol. The van der Waals surface area contributed by atoms with Gasteiger partial charge in [-0.25, -0.2) is 13.8 Å². The molecule has 1 aromatic heterocycles. The molecule has 0 saturated heterocycles. The van der Waals surface area contributed by atoms with E-state index in [0.717, 1.165) is 6.07 Å². The molecule has 0 saturated carbocycles. The molecule has 66 valence electrons. The van der Waals surface area contributed by atoms with Crippen molar-refractivity contribution in [1.29, 1.82) is 0 Å². The summed E-state index contributed by atoms with van der Waals surface area (Å²) in [7, 11) is 0. The maximum Gasteiger partial charge on any atom is 0.284 e. The van der Waals surface area contributed by atoms with Crippen molar-refractivity contribution in [1.82, 2.24) is 4.98 Å². The minimum atomic E-state index is -2.82. The van der Waals surface area contributed by atoms with Gasteiger partial charge in [-0.1, -0.05) is 0 Å². The zero-order chi connectivity index (χ0) is 9.14. The molecule has 0 amide bonds. The Bertz CT molecular complexity index is 278. The van der Waals surface area contributed by atoms with E-state index in [-0.39, 0.29) is 5.69 Å². The van der Waals surface area contributed by atoms with Crippen molar-refractivity contribution in [3.63, 3.8) is 0 Å². The molecule has 0 bridgehead atoms. The zero-order valence-electron chi connectivity index (χ0n) is 6.04. The number of hydrogen-bond donors (Lipinski definition) is 2. The number of hydrogen-bond acceptors (Lipinski definition) is 3. The average Bonchev–Trinajstić information content (AvgIpc) is 2.05. The van der Waals surface area contributed by atoms with Gasteiger partial charge in [0.2, 0.25) is 0 Å². The quantitative estimate of drug-likeness (QED) is 0.710. The van der Waals surface area contributed by atoms with E-state index in [4.69, 9.17) is 10.2 Å². The smallest absolute Gasteiger partial charge is 0.284 e. The van der Waals surface area contributed by atoms with Crippen molar-refractivity contribution in [2.75, 3.05) is 0 Å². The van der Waals surface area contributed by atoms with Crippen LogP contribution in [0.3, 0.4) is 0 Å². The fraction of sp³-hybridized carbons (Fsp3) is 0.286. The summed E-state index contributed by atoms with van der Waals surface area (Å²) in [5.74, 6) is -0.554. The summed E-state index contributed by atoms with van der Waals surface area (Å²) < 4.78 is 24.1. The van der Waals surface area contributed by atoms with Crippen molar-refractivity contribution >= 4 is 0 Å². The fourth-order valence-electron chi connectivity index (χ4n) is 0.758. The van der Waals surface area contributed by atoms with E-state index in [1.807, 2.05) is 0 Å². The first-order valence-corrected chi connectivity index (χ1v) is 3.23. The number of aliphatic hydroxyl groups excluding tert-OH is 1. The minimum Gasteiger partial charge on any atom is -0.506 e. The summed E-state index contributed by atoms with van der Waals surface area (Å²) in [5.41, 5.74) is -0.579. The first kappa shape index (κ1) is 8.86. The summed E-state index contributed by atoms with van der Waals surface area (Å²) in [4.78, 5) is 3.34. The largest absolute Gasteiger partial charge is 0.506 e. The van der Waals surface area contributed by atoms with E-state index in [1.54, 1.807) is 0 Å².